The van der Waals surface area contributed by atoms with Gasteiger partial charge in [-0.1, -0.05) is 19.9 Å². The number of allylic oxidation sites excluding steroid dienone is 1. The van der Waals surface area contributed by atoms with Crippen LogP contribution >= 0.6 is 0 Å². The summed E-state index contributed by atoms with van der Waals surface area (Å²) in [5.74, 6) is 0.699. The number of hydrogen-bond acceptors (Lipinski definition) is 2. The maximum Gasteiger partial charge on any atom is 0.142 e. The molecule has 2 heteroatoms. The maximum atomic E-state index is 11.7. The third-order valence-electron chi connectivity index (χ3n) is 2.81. The molecule has 0 spiro atoms. The van der Waals surface area contributed by atoms with Crippen LogP contribution in [0.25, 0.3) is 0 Å². The van der Waals surface area contributed by atoms with Crippen LogP contribution in [0.3, 0.4) is 0 Å². The van der Waals surface area contributed by atoms with E-state index in [9.17, 15) is 4.79 Å². The highest BCUT2D eigenvalue weighted by molar-refractivity contribution is 5.84. The normalized spacial score (nSPS) is 22.1. The van der Waals surface area contributed by atoms with E-state index in [1.807, 2.05) is 13.8 Å². The minimum absolute atomic E-state index is 0.157. The lowest BCUT2D eigenvalue weighted by molar-refractivity contribution is -0.124. The minimum Gasteiger partial charge on any atom is -0.375 e. The molecule has 0 aromatic rings. The van der Waals surface area contributed by atoms with E-state index in [2.05, 4.69) is 31.0 Å². The van der Waals surface area contributed by atoms with E-state index in [0.29, 0.717) is 11.8 Å². The van der Waals surface area contributed by atoms with E-state index < -0.39 is 0 Å². The Kier molecular flexibility index (Phi) is 3.73. The van der Waals surface area contributed by atoms with Crippen molar-refractivity contribution in [2.75, 3.05) is 6.54 Å². The first-order valence-corrected chi connectivity index (χ1v) is 5.50. The van der Waals surface area contributed by atoms with E-state index in [1.54, 1.807) is 0 Å². The molecule has 14 heavy (non-hydrogen) atoms. The molecule has 0 saturated carbocycles. The number of hydrogen-bond donors (Lipinski definition) is 0. The Labute approximate surface area is 87.0 Å². The van der Waals surface area contributed by atoms with Crippen LogP contribution in [0.15, 0.2) is 12.3 Å². The molecule has 0 aromatic heterocycles. The fourth-order valence-corrected chi connectivity index (χ4v) is 1.77. The molecule has 80 valence electrons. The zero-order valence-corrected chi connectivity index (χ0v) is 9.66. The fourth-order valence-electron chi connectivity index (χ4n) is 1.77. The summed E-state index contributed by atoms with van der Waals surface area (Å²) in [5, 5.41) is 0. The lowest BCUT2D eigenvalue weighted by Gasteiger charge is -2.30. The molecule has 1 aliphatic rings. The number of ketones is 1. The van der Waals surface area contributed by atoms with Crippen molar-refractivity contribution < 1.29 is 4.79 Å². The van der Waals surface area contributed by atoms with Gasteiger partial charge in [0.15, 0.2) is 0 Å². The van der Waals surface area contributed by atoms with Crippen molar-refractivity contribution in [2.45, 2.75) is 40.2 Å². The average Bonchev–Trinajstić information content (AvgIpc) is 2.16. The quantitative estimate of drug-likeness (QED) is 0.689. The van der Waals surface area contributed by atoms with Gasteiger partial charge in [0.25, 0.3) is 0 Å². The molecule has 1 heterocycles. The molecule has 0 aromatic carbocycles. The molecule has 0 N–H and O–H groups in total. The Morgan fingerprint density at radius 1 is 1.36 bits per heavy atom. The molecular formula is C12H21NO. The smallest absolute Gasteiger partial charge is 0.142 e. The number of Topliss-reactive ketones (excluding diaryl/α,β-unsaturated/α-hetero) is 1. The third-order valence-corrected chi connectivity index (χ3v) is 2.81. The molecule has 1 atom stereocenters. The van der Waals surface area contributed by atoms with Crippen molar-refractivity contribution in [1.82, 2.24) is 4.90 Å². The van der Waals surface area contributed by atoms with Gasteiger partial charge < -0.3 is 4.90 Å². The van der Waals surface area contributed by atoms with Crippen LogP contribution in [-0.4, -0.2) is 23.3 Å². The monoisotopic (exact) mass is 195 g/mol. The second kappa shape index (κ2) is 4.63. The molecule has 0 amide bonds. The molecule has 1 rings (SSSR count). The summed E-state index contributed by atoms with van der Waals surface area (Å²) in [7, 11) is 0. The zero-order valence-electron chi connectivity index (χ0n) is 9.66. The molecule has 2 nitrogen and oxygen atoms in total. The Bertz CT molecular complexity index is 230. The number of rotatable bonds is 3. The molecule has 0 fully saturated rings. The first-order valence-electron chi connectivity index (χ1n) is 5.50. The van der Waals surface area contributed by atoms with E-state index in [-0.39, 0.29) is 11.8 Å². The summed E-state index contributed by atoms with van der Waals surface area (Å²) < 4.78 is 0. The van der Waals surface area contributed by atoms with Crippen LogP contribution in [0, 0.1) is 11.8 Å². The van der Waals surface area contributed by atoms with E-state index in [4.69, 9.17) is 0 Å². The fraction of sp³-hybridized carbons (Fsp3) is 0.750. The van der Waals surface area contributed by atoms with E-state index >= 15 is 0 Å². The van der Waals surface area contributed by atoms with Gasteiger partial charge in [-0.3, -0.25) is 4.79 Å². The van der Waals surface area contributed by atoms with Crippen molar-refractivity contribution in [3.63, 3.8) is 0 Å². The van der Waals surface area contributed by atoms with Gasteiger partial charge in [0.2, 0.25) is 0 Å². The minimum atomic E-state index is 0.157. The molecule has 0 aliphatic carbocycles. The van der Waals surface area contributed by atoms with Gasteiger partial charge >= 0.3 is 0 Å². The summed E-state index contributed by atoms with van der Waals surface area (Å²) >= 11 is 0. The number of carbonyl (C=O) groups is 1. The topological polar surface area (TPSA) is 20.3 Å². The molecule has 1 aliphatic heterocycles. The summed E-state index contributed by atoms with van der Waals surface area (Å²) in [4.78, 5) is 14.0. The number of nitrogens with zero attached hydrogens (tertiary/aromatic N) is 1. The largest absolute Gasteiger partial charge is 0.375 e. The third kappa shape index (κ3) is 2.60. The predicted molar refractivity (Wildman–Crippen MR) is 58.9 cm³/mol. The van der Waals surface area contributed by atoms with Gasteiger partial charge in [0.1, 0.15) is 5.78 Å². The maximum absolute atomic E-state index is 11.7. The van der Waals surface area contributed by atoms with Crippen molar-refractivity contribution in [3.8, 4) is 0 Å². The molecule has 0 bridgehead atoms. The Morgan fingerprint density at radius 3 is 2.36 bits per heavy atom. The van der Waals surface area contributed by atoms with Crippen LogP contribution in [0.1, 0.15) is 34.1 Å². The van der Waals surface area contributed by atoms with Crippen molar-refractivity contribution in [3.05, 3.63) is 12.3 Å². The first-order chi connectivity index (χ1) is 6.52. The highest BCUT2D eigenvalue weighted by Gasteiger charge is 2.22. The average molecular weight is 195 g/mol. The van der Waals surface area contributed by atoms with Gasteiger partial charge in [0, 0.05) is 24.4 Å². The Hall–Kier alpha value is -0.790. The SMILES string of the molecule is CC(C)C(=O)C1C=CN(C(C)C)CC1. The predicted octanol–water partition coefficient (Wildman–Crippen LogP) is 2.46. The van der Waals surface area contributed by atoms with Crippen LogP contribution in [0.5, 0.6) is 0 Å². The molecular weight excluding hydrogens is 174 g/mol. The van der Waals surface area contributed by atoms with Crippen LogP contribution in [0.2, 0.25) is 0 Å². The highest BCUT2D eigenvalue weighted by atomic mass is 16.1. The van der Waals surface area contributed by atoms with Gasteiger partial charge in [-0.05, 0) is 26.5 Å². The highest BCUT2D eigenvalue weighted by Crippen LogP contribution is 2.19. The standard InChI is InChI=1S/C12H21NO/c1-9(2)12(14)11-5-7-13(8-6-11)10(3)4/h5,7,9-11H,6,8H2,1-4H3. The van der Waals surface area contributed by atoms with Crippen LogP contribution in [-0.2, 0) is 4.79 Å². The van der Waals surface area contributed by atoms with E-state index in [0.717, 1.165) is 13.0 Å². The van der Waals surface area contributed by atoms with Gasteiger partial charge in [-0.15, -0.1) is 0 Å². The van der Waals surface area contributed by atoms with Crippen molar-refractivity contribution >= 4 is 5.78 Å². The van der Waals surface area contributed by atoms with Crippen molar-refractivity contribution in [2.24, 2.45) is 11.8 Å². The lowest BCUT2D eigenvalue weighted by Crippen LogP contribution is -2.33. The summed E-state index contributed by atoms with van der Waals surface area (Å²) in [5.41, 5.74) is 0. The van der Waals surface area contributed by atoms with Gasteiger partial charge in [0.05, 0.1) is 0 Å². The molecule has 0 radical (unpaired) electrons. The Morgan fingerprint density at radius 2 is 2.00 bits per heavy atom. The summed E-state index contributed by atoms with van der Waals surface area (Å²) in [6, 6.07) is 0.543. The zero-order chi connectivity index (χ0) is 10.7. The summed E-state index contributed by atoms with van der Waals surface area (Å²) in [6.07, 6.45) is 5.12. The van der Waals surface area contributed by atoms with E-state index in [1.165, 1.54) is 0 Å². The molecule has 0 saturated heterocycles. The van der Waals surface area contributed by atoms with Gasteiger partial charge in [-0.2, -0.15) is 0 Å². The van der Waals surface area contributed by atoms with Crippen molar-refractivity contribution in [1.29, 1.82) is 0 Å². The molecule has 1 unspecified atom stereocenters. The second-order valence-corrected chi connectivity index (χ2v) is 4.63. The van der Waals surface area contributed by atoms with Crippen LogP contribution in [0.4, 0.5) is 0 Å². The summed E-state index contributed by atoms with van der Waals surface area (Å²) in [6.45, 7) is 9.32. The Balaban J connectivity index is 2.56. The first kappa shape index (κ1) is 11.3. The van der Waals surface area contributed by atoms with Gasteiger partial charge in [-0.25, -0.2) is 0 Å². The lowest BCUT2D eigenvalue weighted by atomic mass is 9.90. The van der Waals surface area contributed by atoms with Crippen LogP contribution < -0.4 is 0 Å². The second-order valence-electron chi connectivity index (χ2n) is 4.63. The number of carbonyl (C=O) groups excluding carboxylic acids is 1.